The highest BCUT2D eigenvalue weighted by Gasteiger charge is 2.08. The molecule has 1 amide bonds. The highest BCUT2D eigenvalue weighted by atomic mass is 16.3. The molecule has 0 saturated heterocycles. The van der Waals surface area contributed by atoms with Crippen LogP contribution in [0, 0.1) is 0 Å². The first-order valence-electron chi connectivity index (χ1n) is 4.42. The Bertz CT molecular complexity index is 308. The lowest BCUT2D eigenvalue weighted by molar-refractivity contribution is -0.119. The molecular formula is C10H14N2O2. The number of amides is 1. The van der Waals surface area contributed by atoms with E-state index < -0.39 is 11.9 Å². The van der Waals surface area contributed by atoms with Gasteiger partial charge in [-0.15, -0.1) is 0 Å². The van der Waals surface area contributed by atoms with E-state index in [2.05, 4.69) is 0 Å². The summed E-state index contributed by atoms with van der Waals surface area (Å²) in [4.78, 5) is 10.6. The minimum atomic E-state index is -0.594. The van der Waals surface area contributed by atoms with Gasteiger partial charge in [0.1, 0.15) is 5.75 Å². The molecule has 0 fully saturated rings. The van der Waals surface area contributed by atoms with Gasteiger partial charge in [-0.1, -0.05) is 12.1 Å². The summed E-state index contributed by atoms with van der Waals surface area (Å²) in [6.07, 6.45) is 1.21. The van der Waals surface area contributed by atoms with Crippen LogP contribution in [-0.2, 0) is 11.2 Å². The van der Waals surface area contributed by atoms with Crippen molar-refractivity contribution in [1.29, 1.82) is 0 Å². The van der Waals surface area contributed by atoms with Crippen molar-refractivity contribution in [3.05, 3.63) is 29.8 Å². The molecule has 0 aliphatic heterocycles. The van der Waals surface area contributed by atoms with Crippen molar-refractivity contribution in [3.8, 4) is 5.75 Å². The maximum absolute atomic E-state index is 10.6. The number of rotatable bonds is 4. The van der Waals surface area contributed by atoms with E-state index in [-0.39, 0.29) is 5.75 Å². The first-order chi connectivity index (χ1) is 6.59. The molecule has 0 heterocycles. The first kappa shape index (κ1) is 10.5. The molecule has 14 heavy (non-hydrogen) atoms. The molecule has 4 nitrogen and oxygen atoms in total. The van der Waals surface area contributed by atoms with Gasteiger partial charge in [-0.3, -0.25) is 4.79 Å². The molecule has 1 unspecified atom stereocenters. The lowest BCUT2D eigenvalue weighted by Gasteiger charge is -2.06. The average molecular weight is 194 g/mol. The Kier molecular flexibility index (Phi) is 3.48. The van der Waals surface area contributed by atoms with Gasteiger partial charge in [0.2, 0.25) is 5.91 Å². The van der Waals surface area contributed by atoms with Crippen molar-refractivity contribution in [2.24, 2.45) is 11.5 Å². The van der Waals surface area contributed by atoms with Crippen molar-refractivity contribution in [2.75, 3.05) is 0 Å². The summed E-state index contributed by atoms with van der Waals surface area (Å²) in [5.74, 6) is -0.253. The Labute approximate surface area is 82.5 Å². The third-order valence-corrected chi connectivity index (χ3v) is 2.05. The van der Waals surface area contributed by atoms with Gasteiger partial charge < -0.3 is 16.6 Å². The van der Waals surface area contributed by atoms with Crippen molar-refractivity contribution in [2.45, 2.75) is 18.9 Å². The molecule has 1 rings (SSSR count). The molecule has 0 aliphatic rings. The SMILES string of the molecule is NC(=O)C(N)CCc1ccc(O)cc1. The van der Waals surface area contributed by atoms with Crippen LogP contribution in [-0.4, -0.2) is 17.1 Å². The molecule has 0 radical (unpaired) electrons. The van der Waals surface area contributed by atoms with Gasteiger partial charge in [-0.2, -0.15) is 0 Å². The standard InChI is InChI=1S/C10H14N2O2/c11-9(10(12)14)6-3-7-1-4-8(13)5-2-7/h1-2,4-5,9,13H,3,6,11H2,(H2,12,14). The minimum absolute atomic E-state index is 0.230. The molecule has 1 aromatic carbocycles. The molecule has 1 atom stereocenters. The fraction of sp³-hybridized carbons (Fsp3) is 0.300. The van der Waals surface area contributed by atoms with Crippen LogP contribution >= 0.6 is 0 Å². The molecule has 0 saturated carbocycles. The Hall–Kier alpha value is -1.55. The Morgan fingerprint density at radius 3 is 2.43 bits per heavy atom. The number of phenolic OH excluding ortho intramolecular Hbond substituents is 1. The number of benzene rings is 1. The highest BCUT2D eigenvalue weighted by Crippen LogP contribution is 2.11. The van der Waals surface area contributed by atoms with E-state index in [1.165, 1.54) is 0 Å². The van der Waals surface area contributed by atoms with Gasteiger partial charge in [-0.25, -0.2) is 0 Å². The van der Waals surface area contributed by atoms with Crippen LogP contribution in [0.25, 0.3) is 0 Å². The van der Waals surface area contributed by atoms with Gasteiger partial charge in [0.25, 0.3) is 0 Å². The van der Waals surface area contributed by atoms with E-state index in [0.29, 0.717) is 12.8 Å². The summed E-state index contributed by atoms with van der Waals surface area (Å²) in [6.45, 7) is 0. The zero-order valence-electron chi connectivity index (χ0n) is 7.81. The maximum Gasteiger partial charge on any atom is 0.234 e. The van der Waals surface area contributed by atoms with Gasteiger partial charge in [0.05, 0.1) is 6.04 Å². The topological polar surface area (TPSA) is 89.3 Å². The summed E-state index contributed by atoms with van der Waals surface area (Å²) < 4.78 is 0. The minimum Gasteiger partial charge on any atom is -0.508 e. The average Bonchev–Trinajstić information content (AvgIpc) is 2.16. The molecule has 76 valence electrons. The van der Waals surface area contributed by atoms with E-state index in [0.717, 1.165) is 5.56 Å². The van der Waals surface area contributed by atoms with E-state index in [1.807, 2.05) is 0 Å². The second-order valence-electron chi connectivity index (χ2n) is 3.21. The number of aromatic hydroxyl groups is 1. The number of nitrogens with two attached hydrogens (primary N) is 2. The van der Waals surface area contributed by atoms with Gasteiger partial charge in [0.15, 0.2) is 0 Å². The lowest BCUT2D eigenvalue weighted by Crippen LogP contribution is -2.36. The number of phenols is 1. The second-order valence-corrected chi connectivity index (χ2v) is 3.21. The number of primary amides is 1. The normalized spacial score (nSPS) is 12.4. The van der Waals surface area contributed by atoms with E-state index in [1.54, 1.807) is 24.3 Å². The van der Waals surface area contributed by atoms with Crippen LogP contribution in [0.4, 0.5) is 0 Å². The van der Waals surface area contributed by atoms with Crippen molar-refractivity contribution in [1.82, 2.24) is 0 Å². The van der Waals surface area contributed by atoms with Crippen molar-refractivity contribution in [3.63, 3.8) is 0 Å². The zero-order chi connectivity index (χ0) is 10.6. The zero-order valence-corrected chi connectivity index (χ0v) is 7.81. The van der Waals surface area contributed by atoms with Crippen LogP contribution in [0.2, 0.25) is 0 Å². The fourth-order valence-corrected chi connectivity index (χ4v) is 1.13. The fourth-order valence-electron chi connectivity index (χ4n) is 1.13. The molecular weight excluding hydrogens is 180 g/mol. The first-order valence-corrected chi connectivity index (χ1v) is 4.42. The predicted molar refractivity (Wildman–Crippen MR) is 53.6 cm³/mol. The predicted octanol–water partition coefficient (Wildman–Crippen LogP) is 0.137. The smallest absolute Gasteiger partial charge is 0.234 e. The Balaban J connectivity index is 2.46. The third-order valence-electron chi connectivity index (χ3n) is 2.05. The number of carbonyl (C=O) groups is 1. The van der Waals surface area contributed by atoms with Gasteiger partial charge in [-0.05, 0) is 30.5 Å². The van der Waals surface area contributed by atoms with Crippen LogP contribution in [0.15, 0.2) is 24.3 Å². The van der Waals surface area contributed by atoms with Gasteiger partial charge in [0, 0.05) is 0 Å². The highest BCUT2D eigenvalue weighted by molar-refractivity contribution is 5.79. The lowest BCUT2D eigenvalue weighted by atomic mass is 10.1. The number of hydrogen-bond donors (Lipinski definition) is 3. The molecule has 4 heteroatoms. The van der Waals surface area contributed by atoms with Crippen molar-refractivity contribution >= 4 is 5.91 Å². The molecule has 0 bridgehead atoms. The van der Waals surface area contributed by atoms with Crippen LogP contribution in [0.5, 0.6) is 5.75 Å². The molecule has 5 N–H and O–H groups in total. The Morgan fingerprint density at radius 1 is 1.36 bits per heavy atom. The summed E-state index contributed by atoms with van der Waals surface area (Å²) in [5.41, 5.74) is 11.5. The number of aryl methyl sites for hydroxylation is 1. The molecule has 0 spiro atoms. The number of hydrogen-bond acceptors (Lipinski definition) is 3. The van der Waals surface area contributed by atoms with E-state index >= 15 is 0 Å². The molecule has 1 aromatic rings. The monoisotopic (exact) mass is 194 g/mol. The molecule has 0 aliphatic carbocycles. The Morgan fingerprint density at radius 2 is 1.93 bits per heavy atom. The summed E-state index contributed by atoms with van der Waals surface area (Å²) >= 11 is 0. The van der Waals surface area contributed by atoms with E-state index in [9.17, 15) is 4.79 Å². The van der Waals surface area contributed by atoms with E-state index in [4.69, 9.17) is 16.6 Å². The summed E-state index contributed by atoms with van der Waals surface area (Å²) in [5, 5.41) is 9.02. The number of carbonyl (C=O) groups excluding carboxylic acids is 1. The van der Waals surface area contributed by atoms with Crippen LogP contribution < -0.4 is 11.5 Å². The third kappa shape index (κ3) is 3.06. The largest absolute Gasteiger partial charge is 0.508 e. The maximum atomic E-state index is 10.6. The summed E-state index contributed by atoms with van der Waals surface area (Å²) in [6, 6.07) is 6.20. The van der Waals surface area contributed by atoms with Crippen molar-refractivity contribution < 1.29 is 9.90 Å². The quantitative estimate of drug-likeness (QED) is 0.636. The second kappa shape index (κ2) is 4.62. The van der Waals surface area contributed by atoms with Gasteiger partial charge >= 0.3 is 0 Å². The summed E-state index contributed by atoms with van der Waals surface area (Å²) in [7, 11) is 0. The molecule has 0 aromatic heterocycles. The van der Waals surface area contributed by atoms with Crippen LogP contribution in [0.3, 0.4) is 0 Å². The van der Waals surface area contributed by atoms with Crippen LogP contribution in [0.1, 0.15) is 12.0 Å².